The van der Waals surface area contributed by atoms with Gasteiger partial charge in [0.2, 0.25) is 11.8 Å². The van der Waals surface area contributed by atoms with Crippen molar-refractivity contribution in [3.05, 3.63) is 71.8 Å². The van der Waals surface area contributed by atoms with Crippen LogP contribution in [0.5, 0.6) is 0 Å². The van der Waals surface area contributed by atoms with E-state index in [1.165, 1.54) is 13.2 Å². The minimum absolute atomic E-state index is 0.148. The summed E-state index contributed by atoms with van der Waals surface area (Å²) in [5, 5.41) is 0. The van der Waals surface area contributed by atoms with Crippen molar-refractivity contribution in [3.63, 3.8) is 0 Å². The van der Waals surface area contributed by atoms with E-state index in [-0.39, 0.29) is 24.3 Å². The van der Waals surface area contributed by atoms with Crippen LogP contribution in [0.25, 0.3) is 6.08 Å². The first kappa shape index (κ1) is 22.3. The molecule has 1 atom stereocenters. The van der Waals surface area contributed by atoms with Crippen molar-refractivity contribution in [2.75, 3.05) is 25.1 Å². The number of rotatable bonds is 8. The molecule has 2 aromatic rings. The van der Waals surface area contributed by atoms with Gasteiger partial charge < -0.3 is 14.5 Å². The number of carbonyl (C=O) groups is 3. The molecule has 1 saturated heterocycles. The number of amides is 2. The number of esters is 1. The predicted molar refractivity (Wildman–Crippen MR) is 120 cm³/mol. The minimum atomic E-state index is -0.427. The molecule has 1 aliphatic rings. The van der Waals surface area contributed by atoms with E-state index in [0.717, 1.165) is 29.8 Å². The van der Waals surface area contributed by atoms with E-state index in [2.05, 4.69) is 0 Å². The molecule has 6 heteroatoms. The highest BCUT2D eigenvalue weighted by molar-refractivity contribution is 5.95. The molecule has 0 N–H and O–H groups in total. The molecule has 6 nitrogen and oxygen atoms in total. The molecule has 1 unspecified atom stereocenters. The average Bonchev–Trinajstić information content (AvgIpc) is 3.23. The van der Waals surface area contributed by atoms with Gasteiger partial charge >= 0.3 is 5.97 Å². The highest BCUT2D eigenvalue weighted by Crippen LogP contribution is 2.22. The van der Waals surface area contributed by atoms with Crippen molar-refractivity contribution < 1.29 is 19.1 Å². The zero-order valence-corrected chi connectivity index (χ0v) is 18.0. The van der Waals surface area contributed by atoms with Gasteiger partial charge in [0.05, 0.1) is 13.0 Å². The van der Waals surface area contributed by atoms with Gasteiger partial charge in [0.25, 0.3) is 0 Å². The van der Waals surface area contributed by atoms with Crippen molar-refractivity contribution in [1.82, 2.24) is 4.90 Å². The van der Waals surface area contributed by atoms with E-state index in [0.29, 0.717) is 13.0 Å². The van der Waals surface area contributed by atoms with Crippen molar-refractivity contribution in [2.45, 2.75) is 26.3 Å². The summed E-state index contributed by atoms with van der Waals surface area (Å²) in [6.07, 6.45) is 4.75. The Kier molecular flexibility index (Phi) is 7.60. The first-order chi connectivity index (χ1) is 15.0. The number of benzene rings is 2. The normalized spacial score (nSPS) is 14.6. The second-order valence-corrected chi connectivity index (χ2v) is 7.70. The lowest BCUT2D eigenvalue weighted by Crippen LogP contribution is -2.35. The lowest BCUT2D eigenvalue weighted by molar-refractivity contribution is -0.146. The molecule has 0 aliphatic carbocycles. The number of hydrogen-bond acceptors (Lipinski definition) is 4. The molecule has 1 heterocycles. The maximum absolute atomic E-state index is 12.9. The highest BCUT2D eigenvalue weighted by atomic mass is 16.5. The number of nitrogens with zero attached hydrogens (tertiary/aromatic N) is 2. The van der Waals surface area contributed by atoms with Gasteiger partial charge in [-0.15, -0.1) is 0 Å². The van der Waals surface area contributed by atoms with Crippen LogP contribution in [0.3, 0.4) is 0 Å². The minimum Gasteiger partial charge on any atom is -0.469 e. The van der Waals surface area contributed by atoms with Crippen molar-refractivity contribution >= 4 is 29.5 Å². The Hall–Kier alpha value is -3.41. The van der Waals surface area contributed by atoms with Crippen LogP contribution in [0.15, 0.2) is 60.7 Å². The standard InChI is InChI=1S/C25H28N2O4/c1-19(25(30)31-2)17-26(18-21-7-4-3-5-8-21)23(28)15-12-20-10-13-22(14-11-20)27-16-6-9-24(27)29/h3-5,7-8,10-15,19H,6,9,16-18H2,1-2H3/b15-12+. The number of hydrogen-bond donors (Lipinski definition) is 0. The summed E-state index contributed by atoms with van der Waals surface area (Å²) in [6.45, 7) is 3.17. The van der Waals surface area contributed by atoms with Crippen molar-refractivity contribution in [3.8, 4) is 0 Å². The van der Waals surface area contributed by atoms with E-state index in [1.807, 2.05) is 54.6 Å². The fourth-order valence-corrected chi connectivity index (χ4v) is 3.60. The fraction of sp³-hybridized carbons (Fsp3) is 0.320. The largest absolute Gasteiger partial charge is 0.469 e. The Morgan fingerprint density at radius 2 is 1.84 bits per heavy atom. The van der Waals surface area contributed by atoms with Crippen molar-refractivity contribution in [1.29, 1.82) is 0 Å². The van der Waals surface area contributed by atoms with Gasteiger partial charge in [-0.2, -0.15) is 0 Å². The molecule has 0 radical (unpaired) electrons. The van der Waals surface area contributed by atoms with Gasteiger partial charge in [0.15, 0.2) is 0 Å². The zero-order chi connectivity index (χ0) is 22.2. The highest BCUT2D eigenvalue weighted by Gasteiger charge is 2.22. The average molecular weight is 421 g/mol. The van der Waals surface area contributed by atoms with Gasteiger partial charge in [-0.1, -0.05) is 49.4 Å². The third-order valence-electron chi connectivity index (χ3n) is 5.32. The van der Waals surface area contributed by atoms with Crippen molar-refractivity contribution in [2.24, 2.45) is 5.92 Å². The Labute approximate surface area is 183 Å². The molecule has 1 aliphatic heterocycles. The third-order valence-corrected chi connectivity index (χ3v) is 5.32. The first-order valence-corrected chi connectivity index (χ1v) is 10.5. The maximum atomic E-state index is 12.9. The van der Waals surface area contributed by atoms with E-state index in [1.54, 1.807) is 22.8 Å². The molecule has 162 valence electrons. The number of anilines is 1. The Bertz CT molecular complexity index is 938. The monoisotopic (exact) mass is 420 g/mol. The van der Waals surface area contributed by atoms with Crippen LogP contribution in [0.2, 0.25) is 0 Å². The van der Waals surface area contributed by atoms with Gasteiger partial charge in [-0.25, -0.2) is 0 Å². The predicted octanol–water partition coefficient (Wildman–Crippen LogP) is 3.66. The molecular weight excluding hydrogens is 392 g/mol. The van der Waals surface area contributed by atoms with Gasteiger partial charge in [0, 0.05) is 37.8 Å². The Balaban J connectivity index is 1.70. The molecule has 3 rings (SSSR count). The summed E-state index contributed by atoms with van der Waals surface area (Å²) < 4.78 is 4.81. The van der Waals surface area contributed by atoms with E-state index >= 15 is 0 Å². The summed E-state index contributed by atoms with van der Waals surface area (Å²) in [5.74, 6) is -0.807. The zero-order valence-electron chi connectivity index (χ0n) is 18.0. The molecule has 0 aromatic heterocycles. The summed E-state index contributed by atoms with van der Waals surface area (Å²) in [7, 11) is 1.35. The number of carbonyl (C=O) groups excluding carboxylic acids is 3. The van der Waals surface area contributed by atoms with Crippen LogP contribution in [-0.4, -0.2) is 42.9 Å². The molecule has 1 fully saturated rings. The third kappa shape index (κ3) is 6.04. The van der Waals surface area contributed by atoms with E-state index in [9.17, 15) is 14.4 Å². The summed E-state index contributed by atoms with van der Waals surface area (Å²) in [4.78, 5) is 40.1. The Morgan fingerprint density at radius 1 is 1.13 bits per heavy atom. The summed E-state index contributed by atoms with van der Waals surface area (Å²) in [6, 6.07) is 17.2. The molecule has 0 saturated carbocycles. The smallest absolute Gasteiger partial charge is 0.310 e. The van der Waals surface area contributed by atoms with Crippen LogP contribution < -0.4 is 4.90 Å². The SMILES string of the molecule is COC(=O)C(C)CN(Cc1ccccc1)C(=O)/C=C/c1ccc(N2CCCC2=O)cc1. The Morgan fingerprint density at radius 3 is 2.45 bits per heavy atom. The van der Waals surface area contributed by atoms with E-state index in [4.69, 9.17) is 4.74 Å². The molecule has 0 spiro atoms. The van der Waals surface area contributed by atoms with E-state index < -0.39 is 5.92 Å². The summed E-state index contributed by atoms with van der Waals surface area (Å²) in [5.41, 5.74) is 2.73. The second kappa shape index (κ2) is 10.6. The van der Waals surface area contributed by atoms with Gasteiger partial charge in [-0.3, -0.25) is 14.4 Å². The molecule has 0 bridgehead atoms. The lowest BCUT2D eigenvalue weighted by atomic mass is 10.1. The first-order valence-electron chi connectivity index (χ1n) is 10.5. The number of ether oxygens (including phenoxy) is 1. The number of methoxy groups -OCH3 is 1. The van der Waals surface area contributed by atoms with Crippen LogP contribution in [0.4, 0.5) is 5.69 Å². The molecule has 2 aromatic carbocycles. The fourth-order valence-electron chi connectivity index (χ4n) is 3.60. The quantitative estimate of drug-likeness (QED) is 0.483. The molecule has 2 amide bonds. The molecule has 31 heavy (non-hydrogen) atoms. The maximum Gasteiger partial charge on any atom is 0.310 e. The summed E-state index contributed by atoms with van der Waals surface area (Å²) >= 11 is 0. The second-order valence-electron chi connectivity index (χ2n) is 7.70. The van der Waals surface area contributed by atoms with Crippen LogP contribution in [0, 0.1) is 5.92 Å². The van der Waals surface area contributed by atoms with Gasteiger partial charge in [-0.05, 0) is 35.8 Å². The van der Waals surface area contributed by atoms with Crippen LogP contribution >= 0.6 is 0 Å². The topological polar surface area (TPSA) is 66.9 Å². The lowest BCUT2D eigenvalue weighted by Gasteiger charge is -2.24. The van der Waals surface area contributed by atoms with Crippen LogP contribution in [0.1, 0.15) is 30.9 Å². The molecular formula is C25H28N2O4. The van der Waals surface area contributed by atoms with Gasteiger partial charge in [0.1, 0.15) is 0 Å². The van der Waals surface area contributed by atoms with Crippen LogP contribution in [-0.2, 0) is 25.7 Å².